The molecule has 15 heavy (non-hydrogen) atoms. The molecule has 0 spiro atoms. The van der Waals surface area contributed by atoms with Gasteiger partial charge in [-0.1, -0.05) is 20.8 Å². The van der Waals surface area contributed by atoms with E-state index >= 15 is 0 Å². The molecule has 1 fully saturated rings. The smallest absolute Gasteiger partial charge is 0.237 e. The number of nitrogens with one attached hydrogen (secondary N) is 1. The molecule has 1 atom stereocenters. The highest BCUT2D eigenvalue weighted by molar-refractivity contribution is 5.83. The van der Waals surface area contributed by atoms with Crippen LogP contribution in [0.5, 0.6) is 0 Å². The summed E-state index contributed by atoms with van der Waals surface area (Å²) in [7, 11) is 0. The number of hydrogen-bond acceptors (Lipinski definition) is 2. The lowest BCUT2D eigenvalue weighted by atomic mass is 9.82. The maximum absolute atomic E-state index is 11.9. The van der Waals surface area contributed by atoms with Gasteiger partial charge in [0.1, 0.15) is 0 Å². The topological polar surface area (TPSA) is 32.3 Å². The molecule has 1 unspecified atom stereocenters. The zero-order valence-electron chi connectivity index (χ0n) is 10.8. The molecule has 0 aliphatic carbocycles. The maximum atomic E-state index is 11.9. The summed E-state index contributed by atoms with van der Waals surface area (Å²) >= 11 is 0. The van der Waals surface area contributed by atoms with Gasteiger partial charge in [0.2, 0.25) is 5.91 Å². The highest BCUT2D eigenvalue weighted by Crippen LogP contribution is 2.30. The van der Waals surface area contributed by atoms with Gasteiger partial charge in [0.15, 0.2) is 0 Å². The molecule has 0 radical (unpaired) electrons. The van der Waals surface area contributed by atoms with Gasteiger partial charge < -0.3 is 5.32 Å². The summed E-state index contributed by atoms with van der Waals surface area (Å²) in [4.78, 5) is 14.3. The lowest BCUT2D eigenvalue weighted by molar-refractivity contribution is -0.137. The van der Waals surface area contributed by atoms with E-state index in [-0.39, 0.29) is 22.9 Å². The minimum absolute atomic E-state index is 0.0161. The van der Waals surface area contributed by atoms with Crippen molar-refractivity contribution in [1.82, 2.24) is 10.2 Å². The number of amides is 1. The second kappa shape index (κ2) is 3.78. The highest BCUT2D eigenvalue weighted by Gasteiger charge is 2.42. The average molecular weight is 212 g/mol. The van der Waals surface area contributed by atoms with Crippen molar-refractivity contribution in [2.24, 2.45) is 5.41 Å². The summed E-state index contributed by atoms with van der Waals surface area (Å²) in [6.45, 7) is 14.6. The van der Waals surface area contributed by atoms with Crippen molar-refractivity contribution < 1.29 is 4.79 Å². The summed E-state index contributed by atoms with van der Waals surface area (Å²) in [6.07, 6.45) is 0. The molecule has 1 saturated heterocycles. The molecule has 88 valence electrons. The van der Waals surface area contributed by atoms with Gasteiger partial charge in [-0.05, 0) is 26.2 Å². The number of carbonyl (C=O) groups excluding carboxylic acids is 1. The molecule has 0 bridgehead atoms. The second-order valence-corrected chi connectivity index (χ2v) is 6.42. The van der Waals surface area contributed by atoms with Gasteiger partial charge in [-0.2, -0.15) is 0 Å². The molecule has 1 aliphatic rings. The largest absolute Gasteiger partial charge is 0.353 e. The van der Waals surface area contributed by atoms with E-state index in [1.807, 2.05) is 0 Å². The van der Waals surface area contributed by atoms with Crippen LogP contribution in [0.4, 0.5) is 0 Å². The van der Waals surface area contributed by atoms with Crippen LogP contribution in [0, 0.1) is 5.41 Å². The summed E-state index contributed by atoms with van der Waals surface area (Å²) in [6, 6.07) is -0.0220. The number of rotatable bonds is 0. The quantitative estimate of drug-likeness (QED) is 0.662. The Hall–Kier alpha value is -0.570. The van der Waals surface area contributed by atoms with Crippen molar-refractivity contribution >= 4 is 5.91 Å². The molecule has 1 rings (SSSR count). The van der Waals surface area contributed by atoms with E-state index in [0.29, 0.717) is 0 Å². The normalized spacial score (nSPS) is 25.2. The van der Waals surface area contributed by atoms with Crippen molar-refractivity contribution in [1.29, 1.82) is 0 Å². The Morgan fingerprint density at radius 1 is 1.20 bits per heavy atom. The van der Waals surface area contributed by atoms with E-state index in [1.54, 1.807) is 0 Å². The first kappa shape index (κ1) is 12.5. The summed E-state index contributed by atoms with van der Waals surface area (Å²) in [5.41, 5.74) is 0.0352. The van der Waals surface area contributed by atoms with Gasteiger partial charge in [0, 0.05) is 18.6 Å². The van der Waals surface area contributed by atoms with Crippen molar-refractivity contribution in [2.75, 3.05) is 13.1 Å². The van der Waals surface area contributed by atoms with E-state index in [2.05, 4.69) is 51.8 Å². The van der Waals surface area contributed by atoms with Crippen LogP contribution in [0.3, 0.4) is 0 Å². The van der Waals surface area contributed by atoms with E-state index < -0.39 is 0 Å². The zero-order chi connectivity index (χ0) is 11.9. The molecule has 0 aromatic carbocycles. The Balaban J connectivity index is 2.98. The van der Waals surface area contributed by atoms with E-state index in [1.165, 1.54) is 0 Å². The van der Waals surface area contributed by atoms with Gasteiger partial charge >= 0.3 is 0 Å². The second-order valence-electron chi connectivity index (χ2n) is 6.42. The van der Waals surface area contributed by atoms with E-state index in [0.717, 1.165) is 13.1 Å². The molecule has 0 aromatic heterocycles. The molecular formula is C12H24N2O. The van der Waals surface area contributed by atoms with Crippen molar-refractivity contribution in [3.63, 3.8) is 0 Å². The number of piperazine rings is 1. The minimum Gasteiger partial charge on any atom is -0.353 e. The summed E-state index contributed by atoms with van der Waals surface area (Å²) < 4.78 is 0. The molecule has 1 heterocycles. The molecule has 1 amide bonds. The molecular weight excluding hydrogens is 188 g/mol. The van der Waals surface area contributed by atoms with Crippen molar-refractivity contribution in [3.05, 3.63) is 0 Å². The Morgan fingerprint density at radius 3 is 2.07 bits per heavy atom. The van der Waals surface area contributed by atoms with Crippen molar-refractivity contribution in [3.8, 4) is 0 Å². The van der Waals surface area contributed by atoms with Gasteiger partial charge in [-0.25, -0.2) is 0 Å². The molecule has 1 aliphatic heterocycles. The first-order valence-corrected chi connectivity index (χ1v) is 5.68. The van der Waals surface area contributed by atoms with E-state index in [4.69, 9.17) is 0 Å². The van der Waals surface area contributed by atoms with Gasteiger partial charge in [0.25, 0.3) is 0 Å². The van der Waals surface area contributed by atoms with Crippen LogP contribution in [0.2, 0.25) is 0 Å². The van der Waals surface area contributed by atoms with E-state index in [9.17, 15) is 4.79 Å². The van der Waals surface area contributed by atoms with Crippen LogP contribution in [0.1, 0.15) is 41.5 Å². The summed E-state index contributed by atoms with van der Waals surface area (Å²) in [5, 5.41) is 2.96. The number of carbonyl (C=O) groups is 1. The Morgan fingerprint density at radius 2 is 1.73 bits per heavy atom. The first-order valence-electron chi connectivity index (χ1n) is 5.68. The van der Waals surface area contributed by atoms with Crippen LogP contribution >= 0.6 is 0 Å². The predicted molar refractivity (Wildman–Crippen MR) is 62.7 cm³/mol. The van der Waals surface area contributed by atoms with Crippen LogP contribution in [-0.2, 0) is 4.79 Å². The Kier molecular flexibility index (Phi) is 3.15. The zero-order valence-corrected chi connectivity index (χ0v) is 10.8. The third-order valence-electron chi connectivity index (χ3n) is 2.89. The fraction of sp³-hybridized carbons (Fsp3) is 0.917. The molecule has 0 aromatic rings. The third kappa shape index (κ3) is 2.71. The molecule has 0 saturated carbocycles. The fourth-order valence-electron chi connectivity index (χ4n) is 2.25. The Labute approximate surface area is 93.2 Å². The van der Waals surface area contributed by atoms with Gasteiger partial charge in [-0.3, -0.25) is 9.69 Å². The van der Waals surface area contributed by atoms with Gasteiger partial charge in [-0.15, -0.1) is 0 Å². The third-order valence-corrected chi connectivity index (χ3v) is 2.89. The monoisotopic (exact) mass is 212 g/mol. The average Bonchev–Trinajstić information content (AvgIpc) is 1.99. The van der Waals surface area contributed by atoms with Crippen molar-refractivity contribution in [2.45, 2.75) is 53.1 Å². The van der Waals surface area contributed by atoms with Crippen LogP contribution in [0.25, 0.3) is 0 Å². The van der Waals surface area contributed by atoms with Crippen LogP contribution < -0.4 is 5.32 Å². The molecule has 1 N–H and O–H groups in total. The van der Waals surface area contributed by atoms with Crippen LogP contribution in [0.15, 0.2) is 0 Å². The predicted octanol–water partition coefficient (Wildman–Crippen LogP) is 1.63. The lowest BCUT2D eigenvalue weighted by Gasteiger charge is -2.48. The minimum atomic E-state index is -0.0220. The lowest BCUT2D eigenvalue weighted by Crippen LogP contribution is -2.64. The molecule has 3 nitrogen and oxygen atoms in total. The standard InChI is InChI=1S/C12H24N2O/c1-11(2,3)9-10(15)13-7-8-14(9)12(4,5)6/h9H,7-8H2,1-6H3,(H,13,15). The number of hydrogen-bond donors (Lipinski definition) is 1. The highest BCUT2D eigenvalue weighted by atomic mass is 16.2. The van der Waals surface area contributed by atoms with Gasteiger partial charge in [0.05, 0.1) is 6.04 Å². The summed E-state index contributed by atoms with van der Waals surface area (Å²) in [5.74, 6) is 0.170. The fourth-order valence-corrected chi connectivity index (χ4v) is 2.25. The SMILES string of the molecule is CC(C)(C)C1C(=O)NCCN1C(C)(C)C. The Bertz CT molecular complexity index is 247. The maximum Gasteiger partial charge on any atom is 0.237 e. The first-order chi connectivity index (χ1) is 6.64. The van der Waals surface area contributed by atoms with Crippen LogP contribution in [-0.4, -0.2) is 35.5 Å². The number of nitrogens with zero attached hydrogens (tertiary/aromatic N) is 1. The molecule has 3 heteroatoms.